The fraction of sp³-hybridized carbons (Fsp3) is 0.444. The van der Waals surface area contributed by atoms with Gasteiger partial charge in [-0.15, -0.1) is 0 Å². The lowest BCUT2D eigenvalue weighted by Crippen LogP contribution is -2.50. The fourth-order valence-electron chi connectivity index (χ4n) is 2.87. The van der Waals surface area contributed by atoms with E-state index in [1.165, 1.54) is 24.0 Å². The monoisotopic (exact) mass is 361 g/mol. The van der Waals surface area contributed by atoms with Crippen LogP contribution in [0.1, 0.15) is 26.7 Å². The van der Waals surface area contributed by atoms with E-state index < -0.39 is 17.7 Å². The van der Waals surface area contributed by atoms with E-state index in [2.05, 4.69) is 0 Å². The Morgan fingerprint density at radius 3 is 2.23 bits per heavy atom. The van der Waals surface area contributed by atoms with E-state index in [0.717, 1.165) is 4.90 Å². The zero-order valence-corrected chi connectivity index (χ0v) is 14.9. The molecule has 0 spiro atoms. The first kappa shape index (κ1) is 19.4. The molecule has 0 saturated carbocycles. The number of hydrogen-bond donors (Lipinski definition) is 1. The van der Waals surface area contributed by atoms with Crippen LogP contribution in [0.15, 0.2) is 24.3 Å². The van der Waals surface area contributed by atoms with E-state index >= 15 is 0 Å². The maximum Gasteiger partial charge on any atom is 0.323 e. The van der Waals surface area contributed by atoms with Crippen LogP contribution in [-0.2, 0) is 23.9 Å². The van der Waals surface area contributed by atoms with Crippen LogP contribution in [0.2, 0.25) is 0 Å². The van der Waals surface area contributed by atoms with Crippen LogP contribution in [0.25, 0.3) is 0 Å². The average molecular weight is 361 g/mol. The van der Waals surface area contributed by atoms with E-state index in [-0.39, 0.29) is 30.7 Å². The summed E-state index contributed by atoms with van der Waals surface area (Å²) in [5.41, 5.74) is 6.38. The number of nitrogens with two attached hydrogens (primary N) is 1. The number of ether oxygens (including phenoxy) is 1. The number of nitrogen functional groups attached to an aromatic ring is 1. The predicted octanol–water partition coefficient (Wildman–Crippen LogP) is 0.950. The highest BCUT2D eigenvalue weighted by Crippen LogP contribution is 2.21. The number of likely N-dealkylation sites (tertiary alicyclic amines) is 1. The topological polar surface area (TPSA) is 110 Å². The summed E-state index contributed by atoms with van der Waals surface area (Å²) in [6.45, 7) is 3.80. The van der Waals surface area contributed by atoms with Crippen molar-refractivity contribution >= 4 is 35.1 Å². The maximum absolute atomic E-state index is 12.6. The second-order valence-electron chi connectivity index (χ2n) is 6.07. The van der Waals surface area contributed by atoms with Crippen molar-refractivity contribution in [3.8, 4) is 0 Å². The molecule has 0 unspecified atom stereocenters. The number of piperidine rings is 1. The lowest BCUT2D eigenvalue weighted by Gasteiger charge is -2.31. The number of carbonyl (C=O) groups is 4. The summed E-state index contributed by atoms with van der Waals surface area (Å²) in [6, 6.07) is 6.12. The minimum Gasteiger partial charge on any atom is -0.466 e. The van der Waals surface area contributed by atoms with Gasteiger partial charge in [0.05, 0.1) is 18.2 Å². The maximum atomic E-state index is 12.6. The highest BCUT2D eigenvalue weighted by Gasteiger charge is 2.34. The summed E-state index contributed by atoms with van der Waals surface area (Å²) < 4.78 is 4.99. The van der Waals surface area contributed by atoms with Crippen molar-refractivity contribution in [3.05, 3.63) is 24.3 Å². The SMILES string of the molecule is CCOC(=O)C1CCN(C(=O)C(=O)N(C(C)=O)c2ccc(N)cc2)CC1. The molecule has 140 valence electrons. The molecule has 1 heterocycles. The van der Waals surface area contributed by atoms with Gasteiger partial charge in [-0.05, 0) is 44.0 Å². The smallest absolute Gasteiger partial charge is 0.323 e. The van der Waals surface area contributed by atoms with Gasteiger partial charge in [-0.1, -0.05) is 0 Å². The van der Waals surface area contributed by atoms with Crippen molar-refractivity contribution in [1.29, 1.82) is 0 Å². The molecule has 8 heteroatoms. The summed E-state index contributed by atoms with van der Waals surface area (Å²) in [5, 5.41) is 0. The highest BCUT2D eigenvalue weighted by atomic mass is 16.5. The molecule has 2 N–H and O–H groups in total. The molecule has 1 fully saturated rings. The third-order valence-corrected chi connectivity index (χ3v) is 4.25. The average Bonchev–Trinajstić information content (AvgIpc) is 2.63. The molecule has 0 bridgehead atoms. The van der Waals surface area contributed by atoms with Crippen LogP contribution in [0.5, 0.6) is 0 Å². The van der Waals surface area contributed by atoms with Crippen molar-refractivity contribution in [2.24, 2.45) is 5.92 Å². The summed E-state index contributed by atoms with van der Waals surface area (Å²) in [4.78, 5) is 51.0. The van der Waals surface area contributed by atoms with Gasteiger partial charge in [-0.3, -0.25) is 19.2 Å². The molecule has 8 nitrogen and oxygen atoms in total. The minimum absolute atomic E-state index is 0.265. The van der Waals surface area contributed by atoms with Gasteiger partial charge in [-0.25, -0.2) is 4.90 Å². The summed E-state index contributed by atoms with van der Waals surface area (Å²) in [6.07, 6.45) is 0.861. The Labute approximate surface area is 151 Å². The molecular formula is C18H23N3O5. The van der Waals surface area contributed by atoms with Crippen LogP contribution in [0.3, 0.4) is 0 Å². The highest BCUT2D eigenvalue weighted by molar-refractivity contribution is 6.45. The predicted molar refractivity (Wildman–Crippen MR) is 95.0 cm³/mol. The summed E-state index contributed by atoms with van der Waals surface area (Å²) in [7, 11) is 0. The zero-order valence-electron chi connectivity index (χ0n) is 14.9. The van der Waals surface area contributed by atoms with Crippen LogP contribution in [-0.4, -0.2) is 48.3 Å². The molecule has 0 radical (unpaired) electrons. The fourth-order valence-corrected chi connectivity index (χ4v) is 2.87. The molecule has 1 aromatic rings. The Hall–Kier alpha value is -2.90. The van der Waals surface area contributed by atoms with Crippen molar-refractivity contribution in [2.45, 2.75) is 26.7 Å². The number of anilines is 2. The standard InChI is InChI=1S/C18H23N3O5/c1-3-26-18(25)13-8-10-20(11-9-13)16(23)17(24)21(12(2)22)15-6-4-14(19)5-7-15/h4-7,13H,3,8-11,19H2,1-2H3. The van der Waals surface area contributed by atoms with Crippen LogP contribution in [0.4, 0.5) is 11.4 Å². The summed E-state index contributed by atoms with van der Waals surface area (Å²) >= 11 is 0. The quantitative estimate of drug-likeness (QED) is 0.488. The van der Waals surface area contributed by atoms with Gasteiger partial charge < -0.3 is 15.4 Å². The molecule has 26 heavy (non-hydrogen) atoms. The van der Waals surface area contributed by atoms with Gasteiger partial charge in [0.2, 0.25) is 5.91 Å². The zero-order chi connectivity index (χ0) is 19.3. The Bertz CT molecular complexity index is 693. The molecular weight excluding hydrogens is 338 g/mol. The van der Waals surface area contributed by atoms with Crippen LogP contribution >= 0.6 is 0 Å². The first-order chi connectivity index (χ1) is 12.3. The Kier molecular flexibility index (Phi) is 6.32. The number of amides is 3. The Morgan fingerprint density at radius 1 is 1.15 bits per heavy atom. The molecule has 1 aromatic carbocycles. The molecule has 1 aliphatic rings. The number of hydrogen-bond acceptors (Lipinski definition) is 6. The molecule has 0 aliphatic carbocycles. The first-order valence-corrected chi connectivity index (χ1v) is 8.51. The normalized spacial score (nSPS) is 14.6. The largest absolute Gasteiger partial charge is 0.466 e. The first-order valence-electron chi connectivity index (χ1n) is 8.51. The van der Waals surface area contributed by atoms with Gasteiger partial charge >= 0.3 is 17.8 Å². The van der Waals surface area contributed by atoms with Crippen molar-refractivity contribution in [3.63, 3.8) is 0 Å². The van der Waals surface area contributed by atoms with Gasteiger partial charge in [0.25, 0.3) is 0 Å². The van der Waals surface area contributed by atoms with E-state index in [1.807, 2.05) is 0 Å². The van der Waals surface area contributed by atoms with Gasteiger partial charge in [-0.2, -0.15) is 0 Å². The van der Waals surface area contributed by atoms with E-state index in [0.29, 0.717) is 25.1 Å². The van der Waals surface area contributed by atoms with E-state index in [1.54, 1.807) is 19.1 Å². The third-order valence-electron chi connectivity index (χ3n) is 4.25. The second kappa shape index (κ2) is 8.46. The lowest BCUT2D eigenvalue weighted by atomic mass is 9.97. The van der Waals surface area contributed by atoms with Gasteiger partial charge in [0, 0.05) is 25.7 Å². The number of esters is 1. The summed E-state index contributed by atoms with van der Waals surface area (Å²) in [5.74, 6) is -2.79. The molecule has 0 aromatic heterocycles. The number of nitrogens with zero attached hydrogens (tertiary/aromatic N) is 2. The van der Waals surface area contributed by atoms with Crippen molar-refractivity contribution in [2.75, 3.05) is 30.3 Å². The molecule has 3 amide bonds. The van der Waals surface area contributed by atoms with Crippen LogP contribution < -0.4 is 10.6 Å². The molecule has 2 rings (SSSR count). The Balaban J connectivity index is 2.06. The minimum atomic E-state index is -0.920. The number of carbonyl (C=O) groups excluding carboxylic acids is 4. The number of benzene rings is 1. The third kappa shape index (κ3) is 4.38. The molecule has 0 atom stereocenters. The van der Waals surface area contributed by atoms with Crippen LogP contribution in [0, 0.1) is 5.92 Å². The second-order valence-corrected chi connectivity index (χ2v) is 6.07. The molecule has 1 saturated heterocycles. The Morgan fingerprint density at radius 2 is 1.73 bits per heavy atom. The lowest BCUT2D eigenvalue weighted by molar-refractivity contribution is -0.152. The number of imide groups is 1. The van der Waals surface area contributed by atoms with Gasteiger partial charge in [0.1, 0.15) is 0 Å². The van der Waals surface area contributed by atoms with Crippen molar-refractivity contribution in [1.82, 2.24) is 4.90 Å². The number of rotatable bonds is 3. The van der Waals surface area contributed by atoms with E-state index in [4.69, 9.17) is 10.5 Å². The molecule has 1 aliphatic heterocycles. The van der Waals surface area contributed by atoms with Gasteiger partial charge in [0.15, 0.2) is 0 Å². The van der Waals surface area contributed by atoms with Crippen molar-refractivity contribution < 1.29 is 23.9 Å². The van der Waals surface area contributed by atoms with E-state index in [9.17, 15) is 19.2 Å².